The standard InChI is InChI=1S/C8H11NO2S/c10-8(11)5-9-3-1-7-2-4-12-6-7/h2,4,6,9H,1,3,5H2,(H,10,11). The summed E-state index contributed by atoms with van der Waals surface area (Å²) in [7, 11) is 0. The minimum atomic E-state index is -0.805. The van der Waals surface area contributed by atoms with E-state index in [4.69, 9.17) is 5.11 Å². The van der Waals surface area contributed by atoms with Gasteiger partial charge in [0.05, 0.1) is 6.54 Å². The molecule has 0 fully saturated rings. The van der Waals surface area contributed by atoms with E-state index >= 15 is 0 Å². The average molecular weight is 185 g/mol. The first kappa shape index (κ1) is 9.22. The number of thiophene rings is 1. The third-order valence-corrected chi connectivity index (χ3v) is 2.18. The van der Waals surface area contributed by atoms with Crippen LogP contribution in [0, 0.1) is 0 Å². The second-order valence-electron chi connectivity index (χ2n) is 2.45. The normalized spacial score (nSPS) is 10.0. The smallest absolute Gasteiger partial charge is 0.317 e. The molecular weight excluding hydrogens is 174 g/mol. The zero-order chi connectivity index (χ0) is 8.81. The molecule has 0 saturated heterocycles. The summed E-state index contributed by atoms with van der Waals surface area (Å²) in [6, 6.07) is 2.05. The van der Waals surface area contributed by atoms with Crippen LogP contribution in [0.5, 0.6) is 0 Å². The number of aliphatic carboxylic acids is 1. The number of hydrogen-bond acceptors (Lipinski definition) is 3. The zero-order valence-corrected chi connectivity index (χ0v) is 7.43. The molecule has 0 aliphatic heterocycles. The van der Waals surface area contributed by atoms with Gasteiger partial charge in [0.1, 0.15) is 0 Å². The summed E-state index contributed by atoms with van der Waals surface area (Å²) < 4.78 is 0. The molecule has 0 aromatic carbocycles. The largest absolute Gasteiger partial charge is 0.480 e. The molecule has 1 aromatic heterocycles. The fourth-order valence-corrected chi connectivity index (χ4v) is 1.57. The predicted molar refractivity (Wildman–Crippen MR) is 48.5 cm³/mol. The lowest BCUT2D eigenvalue weighted by molar-refractivity contribution is -0.135. The molecule has 0 amide bonds. The van der Waals surface area contributed by atoms with E-state index < -0.39 is 5.97 Å². The third kappa shape index (κ3) is 3.50. The molecule has 0 atom stereocenters. The Bertz CT molecular complexity index is 233. The second kappa shape index (κ2) is 4.90. The summed E-state index contributed by atoms with van der Waals surface area (Å²) in [4.78, 5) is 10.1. The molecule has 1 rings (SSSR count). The van der Waals surface area contributed by atoms with Crippen LogP contribution in [-0.4, -0.2) is 24.2 Å². The molecule has 0 aliphatic rings. The number of nitrogens with one attached hydrogen (secondary N) is 1. The van der Waals surface area contributed by atoms with Crippen molar-refractivity contribution in [3.63, 3.8) is 0 Å². The highest BCUT2D eigenvalue weighted by molar-refractivity contribution is 7.07. The van der Waals surface area contributed by atoms with Crippen molar-refractivity contribution in [1.82, 2.24) is 5.32 Å². The molecule has 0 unspecified atom stereocenters. The van der Waals surface area contributed by atoms with Gasteiger partial charge in [-0.15, -0.1) is 0 Å². The van der Waals surface area contributed by atoms with E-state index in [-0.39, 0.29) is 6.54 Å². The Kier molecular flexibility index (Phi) is 3.76. The highest BCUT2D eigenvalue weighted by Crippen LogP contribution is 2.05. The van der Waals surface area contributed by atoms with Gasteiger partial charge in [0.15, 0.2) is 0 Å². The molecular formula is C8H11NO2S. The quantitative estimate of drug-likeness (QED) is 0.672. The van der Waals surface area contributed by atoms with Gasteiger partial charge in [-0.05, 0) is 35.4 Å². The van der Waals surface area contributed by atoms with E-state index in [2.05, 4.69) is 10.7 Å². The first-order valence-corrected chi connectivity index (χ1v) is 4.67. The van der Waals surface area contributed by atoms with E-state index in [0.29, 0.717) is 0 Å². The highest BCUT2D eigenvalue weighted by Gasteiger charge is 1.95. The number of hydrogen-bond donors (Lipinski definition) is 2. The van der Waals surface area contributed by atoms with Crippen molar-refractivity contribution >= 4 is 17.3 Å². The van der Waals surface area contributed by atoms with Gasteiger partial charge in [-0.3, -0.25) is 4.79 Å². The molecule has 4 heteroatoms. The zero-order valence-electron chi connectivity index (χ0n) is 6.62. The second-order valence-corrected chi connectivity index (χ2v) is 3.23. The summed E-state index contributed by atoms with van der Waals surface area (Å²) in [5, 5.41) is 15.2. The lowest BCUT2D eigenvalue weighted by Gasteiger charge is -1.98. The van der Waals surface area contributed by atoms with Gasteiger partial charge in [-0.1, -0.05) is 0 Å². The van der Waals surface area contributed by atoms with Gasteiger partial charge in [0.25, 0.3) is 0 Å². The average Bonchev–Trinajstić information content (AvgIpc) is 2.49. The van der Waals surface area contributed by atoms with Gasteiger partial charge in [-0.25, -0.2) is 0 Å². The van der Waals surface area contributed by atoms with Gasteiger partial charge >= 0.3 is 5.97 Å². The summed E-state index contributed by atoms with van der Waals surface area (Å²) in [6.07, 6.45) is 0.900. The molecule has 12 heavy (non-hydrogen) atoms. The molecule has 3 nitrogen and oxygen atoms in total. The Morgan fingerprint density at radius 1 is 1.67 bits per heavy atom. The minimum Gasteiger partial charge on any atom is -0.480 e. The molecule has 0 spiro atoms. The minimum absolute atomic E-state index is 0.0458. The van der Waals surface area contributed by atoms with E-state index in [1.807, 2.05) is 11.4 Å². The van der Waals surface area contributed by atoms with Crippen molar-refractivity contribution in [2.45, 2.75) is 6.42 Å². The Morgan fingerprint density at radius 3 is 3.08 bits per heavy atom. The Hall–Kier alpha value is -0.870. The van der Waals surface area contributed by atoms with Crippen LogP contribution < -0.4 is 5.32 Å². The van der Waals surface area contributed by atoms with E-state index in [0.717, 1.165) is 13.0 Å². The Morgan fingerprint density at radius 2 is 2.50 bits per heavy atom. The van der Waals surface area contributed by atoms with Crippen LogP contribution in [0.15, 0.2) is 16.8 Å². The molecule has 0 aliphatic carbocycles. The topological polar surface area (TPSA) is 49.3 Å². The number of carboxylic acid groups (broad SMARTS) is 1. The maximum atomic E-state index is 10.1. The molecule has 0 bridgehead atoms. The van der Waals surface area contributed by atoms with Crippen molar-refractivity contribution in [2.24, 2.45) is 0 Å². The van der Waals surface area contributed by atoms with E-state index in [9.17, 15) is 4.79 Å². The van der Waals surface area contributed by atoms with Crippen LogP contribution in [0.4, 0.5) is 0 Å². The Balaban J connectivity index is 2.07. The molecule has 2 N–H and O–H groups in total. The fraction of sp³-hybridized carbons (Fsp3) is 0.375. The lowest BCUT2D eigenvalue weighted by atomic mass is 10.2. The van der Waals surface area contributed by atoms with Crippen LogP contribution in [0.25, 0.3) is 0 Å². The van der Waals surface area contributed by atoms with Gasteiger partial charge in [0, 0.05) is 0 Å². The third-order valence-electron chi connectivity index (χ3n) is 1.45. The summed E-state index contributed by atoms with van der Waals surface area (Å²) in [5.74, 6) is -0.805. The van der Waals surface area contributed by atoms with Crippen molar-refractivity contribution in [2.75, 3.05) is 13.1 Å². The number of carboxylic acids is 1. The lowest BCUT2D eigenvalue weighted by Crippen LogP contribution is -2.24. The van der Waals surface area contributed by atoms with Crippen LogP contribution >= 0.6 is 11.3 Å². The predicted octanol–water partition coefficient (Wildman–Crippen LogP) is 0.965. The molecule has 66 valence electrons. The maximum Gasteiger partial charge on any atom is 0.317 e. The molecule has 0 saturated carbocycles. The summed E-state index contributed by atoms with van der Waals surface area (Å²) in [6.45, 7) is 0.771. The highest BCUT2D eigenvalue weighted by atomic mass is 32.1. The van der Waals surface area contributed by atoms with Crippen molar-refractivity contribution in [3.8, 4) is 0 Å². The van der Waals surface area contributed by atoms with Crippen molar-refractivity contribution in [3.05, 3.63) is 22.4 Å². The maximum absolute atomic E-state index is 10.1. The van der Waals surface area contributed by atoms with Gasteiger partial charge in [-0.2, -0.15) is 11.3 Å². The number of carbonyl (C=O) groups is 1. The van der Waals surface area contributed by atoms with Crippen LogP contribution in [0.1, 0.15) is 5.56 Å². The summed E-state index contributed by atoms with van der Waals surface area (Å²) in [5.41, 5.74) is 1.26. The van der Waals surface area contributed by atoms with Crippen LogP contribution in [0.3, 0.4) is 0 Å². The monoisotopic (exact) mass is 185 g/mol. The van der Waals surface area contributed by atoms with Gasteiger partial charge < -0.3 is 10.4 Å². The fourth-order valence-electron chi connectivity index (χ4n) is 0.863. The SMILES string of the molecule is O=C(O)CNCCc1ccsc1. The molecule has 1 heterocycles. The van der Waals surface area contributed by atoms with Gasteiger partial charge in [0.2, 0.25) is 0 Å². The van der Waals surface area contributed by atoms with Crippen LogP contribution in [0.2, 0.25) is 0 Å². The first-order chi connectivity index (χ1) is 5.79. The van der Waals surface area contributed by atoms with Crippen molar-refractivity contribution < 1.29 is 9.90 Å². The van der Waals surface area contributed by atoms with Crippen LogP contribution in [-0.2, 0) is 11.2 Å². The Labute approximate surface area is 75.0 Å². The first-order valence-electron chi connectivity index (χ1n) is 3.72. The van der Waals surface area contributed by atoms with E-state index in [1.54, 1.807) is 11.3 Å². The van der Waals surface area contributed by atoms with Crippen molar-refractivity contribution in [1.29, 1.82) is 0 Å². The number of rotatable bonds is 5. The molecule has 0 radical (unpaired) electrons. The molecule has 1 aromatic rings. The van der Waals surface area contributed by atoms with E-state index in [1.165, 1.54) is 5.56 Å². The summed E-state index contributed by atoms with van der Waals surface area (Å²) >= 11 is 1.66.